The summed E-state index contributed by atoms with van der Waals surface area (Å²) in [6.07, 6.45) is 0. The second kappa shape index (κ2) is 4.68. The van der Waals surface area contributed by atoms with Crippen LogP contribution in [-0.2, 0) is 10.2 Å². The van der Waals surface area contributed by atoms with Crippen molar-refractivity contribution in [2.24, 2.45) is 10.8 Å². The lowest BCUT2D eigenvalue weighted by molar-refractivity contribution is 0.154. The Morgan fingerprint density at radius 2 is 1.59 bits per heavy atom. The minimum absolute atomic E-state index is 0.0108. The van der Waals surface area contributed by atoms with Crippen molar-refractivity contribution < 1.29 is 8.42 Å². The number of nitrogens with one attached hydrogen (secondary N) is 1. The standard InChI is InChI=1S/C10H24N2O2P2S/c1-9(2,3)7-8(10(4,5)6)12(16-15)17(13,14)11-7/h7-8,11,16H,15H2,1-6H3. The van der Waals surface area contributed by atoms with Crippen LogP contribution in [0.15, 0.2) is 0 Å². The molecule has 1 rings (SSSR count). The fourth-order valence-electron chi connectivity index (χ4n) is 2.22. The van der Waals surface area contributed by atoms with E-state index in [1.807, 2.05) is 0 Å². The Kier molecular flexibility index (Phi) is 4.35. The molecule has 0 aromatic heterocycles. The van der Waals surface area contributed by atoms with E-state index >= 15 is 0 Å². The quantitative estimate of drug-likeness (QED) is 0.755. The van der Waals surface area contributed by atoms with Gasteiger partial charge in [-0.2, -0.15) is 17.2 Å². The van der Waals surface area contributed by atoms with Crippen molar-refractivity contribution >= 4 is 27.6 Å². The van der Waals surface area contributed by atoms with Gasteiger partial charge in [-0.1, -0.05) is 50.5 Å². The lowest BCUT2D eigenvalue weighted by atomic mass is 9.74. The van der Waals surface area contributed by atoms with Gasteiger partial charge in [0.15, 0.2) is 0 Å². The molecule has 1 aliphatic rings. The molecule has 1 aliphatic heterocycles. The van der Waals surface area contributed by atoms with Crippen LogP contribution in [0.4, 0.5) is 0 Å². The second-order valence-corrected chi connectivity index (χ2v) is 10.1. The van der Waals surface area contributed by atoms with Crippen molar-refractivity contribution in [1.82, 2.24) is 8.80 Å². The molecule has 1 fully saturated rings. The monoisotopic (exact) mass is 298 g/mol. The fourth-order valence-corrected chi connectivity index (χ4v) is 7.01. The Morgan fingerprint density at radius 1 is 1.12 bits per heavy atom. The van der Waals surface area contributed by atoms with Gasteiger partial charge in [-0.3, -0.25) is 0 Å². The smallest absolute Gasteiger partial charge is 0.197 e. The summed E-state index contributed by atoms with van der Waals surface area (Å²) in [4.78, 5) is 0. The van der Waals surface area contributed by atoms with E-state index in [9.17, 15) is 8.42 Å². The van der Waals surface area contributed by atoms with Gasteiger partial charge in [-0.15, -0.1) is 0 Å². The average Bonchev–Trinajstić information content (AvgIpc) is 2.34. The van der Waals surface area contributed by atoms with Crippen molar-refractivity contribution in [3.05, 3.63) is 0 Å². The van der Waals surface area contributed by atoms with E-state index in [1.54, 1.807) is 4.08 Å². The summed E-state index contributed by atoms with van der Waals surface area (Å²) in [6.45, 7) is 12.5. The normalized spacial score (nSPS) is 31.5. The number of hydrogen-bond acceptors (Lipinski definition) is 2. The van der Waals surface area contributed by atoms with Gasteiger partial charge in [-0.25, -0.2) is 0 Å². The Bertz CT molecular complexity index is 384. The van der Waals surface area contributed by atoms with Crippen molar-refractivity contribution in [1.29, 1.82) is 0 Å². The van der Waals surface area contributed by atoms with Crippen LogP contribution in [-0.4, -0.2) is 24.6 Å². The molecule has 1 N–H and O–H groups in total. The number of nitrogens with zero attached hydrogens (tertiary/aromatic N) is 1. The molecule has 0 spiro atoms. The highest BCUT2D eigenvalue weighted by molar-refractivity contribution is 8.08. The zero-order valence-corrected chi connectivity index (χ0v) is 14.4. The Morgan fingerprint density at radius 3 is 1.88 bits per heavy atom. The maximum Gasteiger partial charge on any atom is 0.283 e. The van der Waals surface area contributed by atoms with Gasteiger partial charge in [0.05, 0.1) is 6.04 Å². The van der Waals surface area contributed by atoms with Crippen molar-refractivity contribution in [2.75, 3.05) is 0 Å². The van der Waals surface area contributed by atoms with E-state index in [2.05, 4.69) is 55.2 Å². The van der Waals surface area contributed by atoms with Gasteiger partial charge in [0.1, 0.15) is 0 Å². The van der Waals surface area contributed by atoms with Crippen LogP contribution in [0.2, 0.25) is 0 Å². The van der Waals surface area contributed by atoms with Crippen LogP contribution in [0.25, 0.3) is 0 Å². The molecule has 4 atom stereocenters. The van der Waals surface area contributed by atoms with E-state index in [4.69, 9.17) is 0 Å². The third-order valence-electron chi connectivity index (χ3n) is 3.05. The van der Waals surface area contributed by atoms with Crippen molar-refractivity contribution in [2.45, 2.75) is 53.6 Å². The highest BCUT2D eigenvalue weighted by Crippen LogP contribution is 2.47. The summed E-state index contributed by atoms with van der Waals surface area (Å²) in [5, 5.41) is 0. The fraction of sp³-hybridized carbons (Fsp3) is 1.00. The van der Waals surface area contributed by atoms with E-state index in [0.29, 0.717) is 0 Å². The van der Waals surface area contributed by atoms with Crippen molar-refractivity contribution in [3.63, 3.8) is 0 Å². The molecule has 4 unspecified atom stereocenters. The minimum Gasteiger partial charge on any atom is -0.197 e. The first-order chi connectivity index (χ1) is 7.41. The molecule has 0 amide bonds. The summed E-state index contributed by atoms with van der Waals surface area (Å²) in [6, 6.07) is -0.0658. The maximum absolute atomic E-state index is 12.1. The van der Waals surface area contributed by atoms with Gasteiger partial charge in [0, 0.05) is 6.04 Å². The van der Waals surface area contributed by atoms with Crippen molar-refractivity contribution in [3.8, 4) is 0 Å². The summed E-state index contributed by atoms with van der Waals surface area (Å²) < 4.78 is 28.6. The molecular weight excluding hydrogens is 274 g/mol. The lowest BCUT2D eigenvalue weighted by Crippen LogP contribution is -2.49. The van der Waals surface area contributed by atoms with Crippen LogP contribution >= 0.6 is 17.3 Å². The highest BCUT2D eigenvalue weighted by atomic mass is 32.2. The first kappa shape index (κ1) is 15.8. The third kappa shape index (κ3) is 3.19. The molecule has 0 saturated carbocycles. The Labute approximate surface area is 109 Å². The number of hydrogen-bond donors (Lipinski definition) is 1. The van der Waals surface area contributed by atoms with Gasteiger partial charge in [0.2, 0.25) is 0 Å². The minimum atomic E-state index is -3.33. The molecule has 17 heavy (non-hydrogen) atoms. The van der Waals surface area contributed by atoms with Crippen LogP contribution in [0.5, 0.6) is 0 Å². The Balaban J connectivity index is 3.26. The lowest BCUT2D eigenvalue weighted by Gasteiger charge is -2.40. The zero-order chi connectivity index (χ0) is 13.6. The SMILES string of the molecule is CC(C)(C)C1NS(=O)(=O)N(PP)C1C(C)(C)C. The molecule has 102 valence electrons. The largest absolute Gasteiger partial charge is 0.283 e. The maximum atomic E-state index is 12.1. The summed E-state index contributed by atoms with van der Waals surface area (Å²) >= 11 is 0. The summed E-state index contributed by atoms with van der Waals surface area (Å²) in [7, 11) is -0.607. The van der Waals surface area contributed by atoms with E-state index in [0.717, 1.165) is 0 Å². The van der Waals surface area contributed by atoms with Gasteiger partial charge >= 0.3 is 0 Å². The van der Waals surface area contributed by atoms with Gasteiger partial charge in [0.25, 0.3) is 10.2 Å². The summed E-state index contributed by atoms with van der Waals surface area (Å²) in [5.74, 6) is 0. The third-order valence-corrected chi connectivity index (χ3v) is 7.31. The first-order valence-electron chi connectivity index (χ1n) is 5.69. The molecule has 1 heterocycles. The van der Waals surface area contributed by atoms with Gasteiger partial charge in [-0.05, 0) is 19.3 Å². The van der Waals surface area contributed by atoms with Crippen LogP contribution in [0.1, 0.15) is 41.5 Å². The van der Waals surface area contributed by atoms with Crippen LogP contribution in [0, 0.1) is 10.8 Å². The molecular formula is C10H24N2O2P2S. The topological polar surface area (TPSA) is 49.4 Å². The Hall–Kier alpha value is 0.730. The predicted octanol–water partition coefficient (Wildman–Crippen LogP) is 2.35. The molecule has 0 aromatic rings. The zero-order valence-electron chi connectivity index (χ0n) is 11.4. The van der Waals surface area contributed by atoms with Crippen LogP contribution < -0.4 is 4.72 Å². The summed E-state index contributed by atoms with van der Waals surface area (Å²) in [5.41, 5.74) is -0.178. The van der Waals surface area contributed by atoms with Crippen LogP contribution in [0.3, 0.4) is 0 Å². The van der Waals surface area contributed by atoms with E-state index in [-0.39, 0.29) is 31.3 Å². The first-order valence-corrected chi connectivity index (χ1v) is 9.89. The molecule has 0 bridgehead atoms. The molecule has 7 heteroatoms. The number of rotatable bonds is 1. The molecule has 1 saturated heterocycles. The van der Waals surface area contributed by atoms with Gasteiger partial charge < -0.3 is 0 Å². The average molecular weight is 298 g/mol. The molecule has 4 nitrogen and oxygen atoms in total. The van der Waals surface area contributed by atoms with E-state index < -0.39 is 10.2 Å². The highest BCUT2D eigenvalue weighted by Gasteiger charge is 2.52. The van der Waals surface area contributed by atoms with E-state index in [1.165, 1.54) is 0 Å². The molecule has 0 radical (unpaired) electrons. The molecule has 0 aliphatic carbocycles. The second-order valence-electron chi connectivity index (χ2n) is 6.70. The molecule has 0 aromatic carbocycles. The predicted molar refractivity (Wildman–Crippen MR) is 78.4 cm³/mol.